The maximum absolute atomic E-state index is 13.3. The van der Waals surface area contributed by atoms with E-state index in [9.17, 15) is 4.39 Å². The molecule has 6 heteroatoms. The third-order valence-corrected chi connectivity index (χ3v) is 3.03. The van der Waals surface area contributed by atoms with Crippen molar-refractivity contribution >= 4 is 28.6 Å². The number of fused-ring (bicyclic) bond motifs is 1. The monoisotopic (exact) mass is 265 g/mol. The predicted molar refractivity (Wildman–Crippen MR) is 66.9 cm³/mol. The van der Waals surface area contributed by atoms with E-state index in [0.29, 0.717) is 23.5 Å². The molecule has 0 aliphatic rings. The Kier molecular flexibility index (Phi) is 2.48. The molecule has 3 aromatic rings. The van der Waals surface area contributed by atoms with Gasteiger partial charge in [0.2, 0.25) is 5.95 Å². The SMILES string of the molecule is Nc1nc2cc(F)c(Cl)cc2n1Cc1ccoc1. The average molecular weight is 266 g/mol. The highest BCUT2D eigenvalue weighted by Gasteiger charge is 2.12. The van der Waals surface area contributed by atoms with Crippen LogP contribution in [-0.2, 0) is 6.54 Å². The van der Waals surface area contributed by atoms with Gasteiger partial charge in [-0.05, 0) is 12.1 Å². The quantitative estimate of drug-likeness (QED) is 0.775. The normalized spacial score (nSPS) is 11.2. The van der Waals surface area contributed by atoms with Crippen LogP contribution in [0, 0.1) is 5.82 Å². The van der Waals surface area contributed by atoms with Crippen molar-refractivity contribution in [1.82, 2.24) is 9.55 Å². The van der Waals surface area contributed by atoms with E-state index in [-0.39, 0.29) is 5.02 Å². The maximum atomic E-state index is 13.3. The first-order valence-corrected chi connectivity index (χ1v) is 5.65. The number of hydrogen-bond donors (Lipinski definition) is 1. The summed E-state index contributed by atoms with van der Waals surface area (Å²) in [5.74, 6) is -0.190. The lowest BCUT2D eigenvalue weighted by molar-refractivity contribution is 0.562. The van der Waals surface area contributed by atoms with Crippen molar-refractivity contribution in [3.63, 3.8) is 0 Å². The molecule has 0 unspecified atom stereocenters. The highest BCUT2D eigenvalue weighted by Crippen LogP contribution is 2.25. The van der Waals surface area contributed by atoms with Crippen LogP contribution >= 0.6 is 11.6 Å². The molecule has 2 heterocycles. The van der Waals surface area contributed by atoms with Crippen LogP contribution in [0.5, 0.6) is 0 Å². The highest BCUT2D eigenvalue weighted by molar-refractivity contribution is 6.31. The molecular formula is C12H9ClFN3O. The molecule has 0 aliphatic carbocycles. The summed E-state index contributed by atoms with van der Waals surface area (Å²) in [7, 11) is 0. The minimum atomic E-state index is -0.503. The highest BCUT2D eigenvalue weighted by atomic mass is 35.5. The summed E-state index contributed by atoms with van der Waals surface area (Å²) in [4.78, 5) is 4.11. The molecule has 0 saturated heterocycles. The topological polar surface area (TPSA) is 57.0 Å². The standard InChI is InChI=1S/C12H9ClFN3O/c13-8-3-11-10(4-9(8)14)16-12(15)17(11)5-7-1-2-18-6-7/h1-4,6H,5H2,(H2,15,16). The van der Waals surface area contributed by atoms with Crippen LogP contribution in [0.25, 0.3) is 11.0 Å². The second-order valence-electron chi connectivity index (χ2n) is 3.94. The molecule has 92 valence electrons. The van der Waals surface area contributed by atoms with Gasteiger partial charge < -0.3 is 14.7 Å². The largest absolute Gasteiger partial charge is 0.472 e. The predicted octanol–water partition coefficient (Wildman–Crippen LogP) is 3.05. The van der Waals surface area contributed by atoms with Gasteiger partial charge in [-0.1, -0.05) is 11.6 Å². The van der Waals surface area contributed by atoms with E-state index in [0.717, 1.165) is 5.56 Å². The molecule has 0 radical (unpaired) electrons. The number of nitrogen functional groups attached to an aromatic ring is 1. The van der Waals surface area contributed by atoms with Crippen molar-refractivity contribution in [2.75, 3.05) is 5.73 Å². The average Bonchev–Trinajstić information content (AvgIpc) is 2.92. The second kappa shape index (κ2) is 4.03. The second-order valence-corrected chi connectivity index (χ2v) is 4.35. The van der Waals surface area contributed by atoms with Crippen LogP contribution in [0.4, 0.5) is 10.3 Å². The molecule has 0 bridgehead atoms. The van der Waals surface area contributed by atoms with Crippen LogP contribution in [0.3, 0.4) is 0 Å². The number of anilines is 1. The Hall–Kier alpha value is -2.01. The van der Waals surface area contributed by atoms with Crippen LogP contribution in [0.1, 0.15) is 5.56 Å². The summed E-state index contributed by atoms with van der Waals surface area (Å²) in [5.41, 5.74) is 7.95. The molecule has 0 spiro atoms. The van der Waals surface area contributed by atoms with Crippen molar-refractivity contribution in [2.45, 2.75) is 6.54 Å². The van der Waals surface area contributed by atoms with Gasteiger partial charge in [0.15, 0.2) is 0 Å². The Bertz CT molecular complexity index is 706. The van der Waals surface area contributed by atoms with E-state index in [1.165, 1.54) is 12.1 Å². The number of furan rings is 1. The van der Waals surface area contributed by atoms with Crippen molar-refractivity contribution in [3.05, 3.63) is 47.1 Å². The van der Waals surface area contributed by atoms with Gasteiger partial charge in [0.05, 0.1) is 35.1 Å². The zero-order valence-electron chi connectivity index (χ0n) is 9.23. The number of halogens is 2. The molecule has 3 rings (SSSR count). The van der Waals surface area contributed by atoms with E-state index in [4.69, 9.17) is 21.8 Å². The molecule has 0 amide bonds. The van der Waals surface area contributed by atoms with Gasteiger partial charge in [0, 0.05) is 11.6 Å². The third-order valence-electron chi connectivity index (χ3n) is 2.74. The Morgan fingerprint density at radius 1 is 1.44 bits per heavy atom. The Morgan fingerprint density at radius 2 is 2.28 bits per heavy atom. The molecule has 0 fully saturated rings. The zero-order valence-corrected chi connectivity index (χ0v) is 9.99. The number of nitrogens with two attached hydrogens (primary N) is 1. The van der Waals surface area contributed by atoms with Gasteiger partial charge in [-0.2, -0.15) is 0 Å². The van der Waals surface area contributed by atoms with E-state index in [1.807, 2.05) is 6.07 Å². The van der Waals surface area contributed by atoms with Crippen molar-refractivity contribution in [2.24, 2.45) is 0 Å². The maximum Gasteiger partial charge on any atom is 0.201 e. The molecule has 2 aromatic heterocycles. The Labute approximate surface area is 107 Å². The number of benzene rings is 1. The van der Waals surface area contributed by atoms with Gasteiger partial charge in [-0.15, -0.1) is 0 Å². The van der Waals surface area contributed by atoms with Crippen LogP contribution in [-0.4, -0.2) is 9.55 Å². The summed E-state index contributed by atoms with van der Waals surface area (Å²) in [6.45, 7) is 0.501. The first-order chi connectivity index (χ1) is 8.65. The van der Waals surface area contributed by atoms with Gasteiger partial charge in [-0.3, -0.25) is 0 Å². The summed E-state index contributed by atoms with van der Waals surface area (Å²) in [5, 5.41) is 0.0517. The molecule has 0 saturated carbocycles. The molecular weight excluding hydrogens is 257 g/mol. The van der Waals surface area contributed by atoms with E-state index < -0.39 is 5.82 Å². The minimum absolute atomic E-state index is 0.0517. The first kappa shape index (κ1) is 11.1. The third kappa shape index (κ3) is 1.73. The van der Waals surface area contributed by atoms with E-state index in [2.05, 4.69) is 4.98 Å². The lowest BCUT2D eigenvalue weighted by atomic mass is 10.3. The lowest BCUT2D eigenvalue weighted by Gasteiger charge is -2.04. The molecule has 0 aliphatic heterocycles. The van der Waals surface area contributed by atoms with Crippen LogP contribution in [0.2, 0.25) is 5.02 Å². The number of aromatic nitrogens is 2. The summed E-state index contributed by atoms with van der Waals surface area (Å²) < 4.78 is 20.1. The van der Waals surface area contributed by atoms with Gasteiger partial charge in [0.1, 0.15) is 5.82 Å². The Morgan fingerprint density at radius 3 is 3.00 bits per heavy atom. The molecule has 18 heavy (non-hydrogen) atoms. The van der Waals surface area contributed by atoms with Gasteiger partial charge in [0.25, 0.3) is 0 Å². The summed E-state index contributed by atoms with van der Waals surface area (Å²) in [6, 6.07) is 4.63. The first-order valence-electron chi connectivity index (χ1n) is 5.27. The van der Waals surface area contributed by atoms with Crippen molar-refractivity contribution in [3.8, 4) is 0 Å². The molecule has 0 atom stereocenters. The molecule has 2 N–H and O–H groups in total. The van der Waals surface area contributed by atoms with Gasteiger partial charge in [-0.25, -0.2) is 9.37 Å². The van der Waals surface area contributed by atoms with E-state index >= 15 is 0 Å². The Balaban J connectivity index is 2.16. The smallest absolute Gasteiger partial charge is 0.201 e. The fraction of sp³-hybridized carbons (Fsp3) is 0.0833. The summed E-state index contributed by atoms with van der Waals surface area (Å²) >= 11 is 5.78. The molecule has 4 nitrogen and oxygen atoms in total. The number of hydrogen-bond acceptors (Lipinski definition) is 3. The number of rotatable bonds is 2. The summed E-state index contributed by atoms with van der Waals surface area (Å²) in [6.07, 6.45) is 3.20. The van der Waals surface area contributed by atoms with Crippen molar-refractivity contribution in [1.29, 1.82) is 0 Å². The number of nitrogens with zero attached hydrogens (tertiary/aromatic N) is 2. The fourth-order valence-electron chi connectivity index (χ4n) is 1.87. The number of imidazole rings is 1. The van der Waals surface area contributed by atoms with Crippen LogP contribution < -0.4 is 5.73 Å². The lowest BCUT2D eigenvalue weighted by Crippen LogP contribution is -2.03. The van der Waals surface area contributed by atoms with Crippen molar-refractivity contribution < 1.29 is 8.81 Å². The van der Waals surface area contributed by atoms with E-state index in [1.54, 1.807) is 17.1 Å². The van der Waals surface area contributed by atoms with Gasteiger partial charge >= 0.3 is 0 Å². The zero-order chi connectivity index (χ0) is 12.7. The fourth-order valence-corrected chi connectivity index (χ4v) is 2.03. The molecule has 1 aromatic carbocycles. The van der Waals surface area contributed by atoms with Crippen LogP contribution in [0.15, 0.2) is 35.1 Å². The minimum Gasteiger partial charge on any atom is -0.472 e.